The van der Waals surface area contributed by atoms with Gasteiger partial charge in [-0.25, -0.2) is 0 Å². The summed E-state index contributed by atoms with van der Waals surface area (Å²) in [5, 5.41) is 0. The second-order valence-corrected chi connectivity index (χ2v) is 13.8. The molecule has 34 heavy (non-hydrogen) atoms. The van der Waals surface area contributed by atoms with Crippen LogP contribution in [-0.4, -0.2) is 59.3 Å². The van der Waals surface area contributed by atoms with Crippen molar-refractivity contribution in [3.63, 3.8) is 0 Å². The molecule has 6 nitrogen and oxygen atoms in total. The van der Waals surface area contributed by atoms with Gasteiger partial charge in [0, 0.05) is 7.11 Å². The molecule has 1 fully saturated rings. The van der Waals surface area contributed by atoms with Gasteiger partial charge >= 0.3 is 0 Å². The SMILES string of the molecule is C=CCO[C@H]1O[C@H](COCc2ccccc2)[C@@H](O[Si](C)(C)C)[C@H](OC)[C@@H]1OCc1ccccc1. The molecule has 3 rings (SSSR count). The van der Waals surface area contributed by atoms with Crippen molar-refractivity contribution in [2.75, 3.05) is 20.3 Å². The fraction of sp³-hybridized carbons (Fsp3) is 0.481. The number of hydrogen-bond donors (Lipinski definition) is 0. The summed E-state index contributed by atoms with van der Waals surface area (Å²) in [4.78, 5) is 0. The summed E-state index contributed by atoms with van der Waals surface area (Å²) in [6.45, 7) is 11.8. The van der Waals surface area contributed by atoms with Crippen LogP contribution >= 0.6 is 0 Å². The van der Waals surface area contributed by atoms with Crippen LogP contribution in [0.5, 0.6) is 0 Å². The van der Waals surface area contributed by atoms with Gasteiger partial charge in [0.2, 0.25) is 0 Å². The lowest BCUT2D eigenvalue weighted by Gasteiger charge is -2.47. The highest BCUT2D eigenvalue weighted by Gasteiger charge is 2.49. The predicted molar refractivity (Wildman–Crippen MR) is 135 cm³/mol. The number of hydrogen-bond acceptors (Lipinski definition) is 6. The molecule has 1 heterocycles. The normalized spacial score (nSPS) is 25.2. The molecule has 0 N–H and O–H groups in total. The van der Waals surface area contributed by atoms with Crippen molar-refractivity contribution in [3.8, 4) is 0 Å². The van der Waals surface area contributed by atoms with E-state index in [1.165, 1.54) is 0 Å². The summed E-state index contributed by atoms with van der Waals surface area (Å²) in [6.07, 6.45) is -0.520. The number of ether oxygens (including phenoxy) is 5. The van der Waals surface area contributed by atoms with Gasteiger partial charge in [-0.15, -0.1) is 6.58 Å². The summed E-state index contributed by atoms with van der Waals surface area (Å²) in [7, 11) is -0.257. The average molecular weight is 487 g/mol. The zero-order valence-corrected chi connectivity index (χ0v) is 21.7. The maximum absolute atomic E-state index is 6.59. The fourth-order valence-corrected chi connectivity index (χ4v) is 5.04. The number of rotatable bonds is 13. The Kier molecular flexibility index (Phi) is 10.5. The fourth-order valence-electron chi connectivity index (χ4n) is 3.94. The first kappa shape index (κ1) is 26.8. The van der Waals surface area contributed by atoms with Crippen molar-refractivity contribution in [3.05, 3.63) is 84.4 Å². The second-order valence-electron chi connectivity index (χ2n) is 9.32. The Morgan fingerprint density at radius 3 is 2.03 bits per heavy atom. The van der Waals surface area contributed by atoms with Crippen LogP contribution in [0, 0.1) is 0 Å². The minimum atomic E-state index is -1.94. The largest absolute Gasteiger partial charge is 0.409 e. The molecule has 1 saturated heterocycles. The van der Waals surface area contributed by atoms with Gasteiger partial charge in [0.25, 0.3) is 0 Å². The van der Waals surface area contributed by atoms with E-state index in [4.69, 9.17) is 28.1 Å². The van der Waals surface area contributed by atoms with Gasteiger partial charge in [-0.2, -0.15) is 0 Å². The summed E-state index contributed by atoms with van der Waals surface area (Å²) >= 11 is 0. The van der Waals surface area contributed by atoms with Crippen LogP contribution in [0.15, 0.2) is 73.3 Å². The molecule has 1 aliphatic heterocycles. The molecular formula is C27H38O6Si. The van der Waals surface area contributed by atoms with E-state index < -0.39 is 20.7 Å². The van der Waals surface area contributed by atoms with E-state index in [9.17, 15) is 0 Å². The van der Waals surface area contributed by atoms with E-state index >= 15 is 0 Å². The van der Waals surface area contributed by atoms with Crippen molar-refractivity contribution in [2.24, 2.45) is 0 Å². The van der Waals surface area contributed by atoms with Gasteiger partial charge < -0.3 is 28.1 Å². The third kappa shape index (κ3) is 8.13. The lowest BCUT2D eigenvalue weighted by Crippen LogP contribution is -2.63. The quantitative estimate of drug-likeness (QED) is 0.295. The van der Waals surface area contributed by atoms with E-state index in [0.717, 1.165) is 11.1 Å². The molecule has 0 unspecified atom stereocenters. The van der Waals surface area contributed by atoms with Gasteiger partial charge in [-0.1, -0.05) is 66.7 Å². The Labute approximate surface area is 204 Å². The predicted octanol–water partition coefficient (Wildman–Crippen LogP) is 4.95. The van der Waals surface area contributed by atoms with Crippen LogP contribution in [0.4, 0.5) is 0 Å². The molecule has 0 saturated carbocycles. The van der Waals surface area contributed by atoms with Crippen LogP contribution in [0.2, 0.25) is 19.6 Å². The Morgan fingerprint density at radius 2 is 1.47 bits per heavy atom. The Morgan fingerprint density at radius 1 is 0.853 bits per heavy atom. The first-order chi connectivity index (χ1) is 16.4. The van der Waals surface area contributed by atoms with Crippen LogP contribution in [-0.2, 0) is 41.3 Å². The molecular weight excluding hydrogens is 448 g/mol. The van der Waals surface area contributed by atoms with E-state index in [0.29, 0.717) is 26.4 Å². The maximum atomic E-state index is 6.59. The molecule has 5 atom stereocenters. The highest BCUT2D eigenvalue weighted by molar-refractivity contribution is 6.69. The van der Waals surface area contributed by atoms with Gasteiger partial charge in [0.05, 0.1) is 26.4 Å². The van der Waals surface area contributed by atoms with Crippen molar-refractivity contribution in [1.82, 2.24) is 0 Å². The van der Waals surface area contributed by atoms with Crippen LogP contribution < -0.4 is 0 Å². The highest BCUT2D eigenvalue weighted by Crippen LogP contribution is 2.31. The van der Waals surface area contributed by atoms with Crippen LogP contribution in [0.25, 0.3) is 0 Å². The van der Waals surface area contributed by atoms with Crippen LogP contribution in [0.1, 0.15) is 11.1 Å². The van der Waals surface area contributed by atoms with Crippen LogP contribution in [0.3, 0.4) is 0 Å². The molecule has 0 amide bonds. The Hall–Kier alpha value is -1.84. The topological polar surface area (TPSA) is 55.4 Å². The average Bonchev–Trinajstić information content (AvgIpc) is 2.83. The minimum Gasteiger partial charge on any atom is -0.409 e. The zero-order chi connectivity index (χ0) is 24.4. The summed E-state index contributed by atoms with van der Waals surface area (Å²) in [5.41, 5.74) is 2.17. The Balaban J connectivity index is 1.77. The molecule has 2 aromatic rings. The molecule has 0 spiro atoms. The summed E-state index contributed by atoms with van der Waals surface area (Å²) < 4.78 is 37.4. The molecule has 0 bridgehead atoms. The molecule has 0 aliphatic carbocycles. The maximum Gasteiger partial charge on any atom is 0.187 e. The van der Waals surface area contributed by atoms with Crippen molar-refractivity contribution in [1.29, 1.82) is 0 Å². The van der Waals surface area contributed by atoms with Crippen molar-refractivity contribution < 1.29 is 28.1 Å². The van der Waals surface area contributed by atoms with E-state index in [-0.39, 0.29) is 18.3 Å². The monoisotopic (exact) mass is 486 g/mol. The van der Waals surface area contributed by atoms with Gasteiger partial charge in [0.15, 0.2) is 14.6 Å². The Bertz CT molecular complexity index is 841. The zero-order valence-electron chi connectivity index (χ0n) is 20.7. The lowest BCUT2D eigenvalue weighted by atomic mass is 9.98. The summed E-state index contributed by atoms with van der Waals surface area (Å²) in [5.74, 6) is 0. The second kappa shape index (κ2) is 13.3. The minimum absolute atomic E-state index is 0.337. The van der Waals surface area contributed by atoms with Crippen molar-refractivity contribution in [2.45, 2.75) is 63.6 Å². The van der Waals surface area contributed by atoms with E-state index in [1.54, 1.807) is 13.2 Å². The molecule has 1 aliphatic rings. The standard InChI is InChI=1S/C27H38O6Si/c1-6-17-30-27-26(31-19-22-15-11-8-12-16-22)25(28-2)24(33-34(3,4)5)23(32-27)20-29-18-21-13-9-7-10-14-21/h6-16,23-27H,1,17-20H2,2-5H3/t23-,24-,25+,26+,27+/m1/s1. The third-order valence-corrected chi connectivity index (χ3v) is 6.39. The molecule has 2 aromatic carbocycles. The van der Waals surface area contributed by atoms with E-state index in [2.05, 4.69) is 26.2 Å². The van der Waals surface area contributed by atoms with Gasteiger partial charge in [-0.3, -0.25) is 0 Å². The lowest BCUT2D eigenvalue weighted by molar-refractivity contribution is -0.312. The third-order valence-electron chi connectivity index (χ3n) is 5.41. The van der Waals surface area contributed by atoms with E-state index in [1.807, 2.05) is 60.7 Å². The molecule has 0 aromatic heterocycles. The number of methoxy groups -OCH3 is 1. The van der Waals surface area contributed by atoms with Gasteiger partial charge in [-0.05, 0) is 30.8 Å². The molecule has 0 radical (unpaired) electrons. The molecule has 186 valence electrons. The van der Waals surface area contributed by atoms with Crippen molar-refractivity contribution >= 4 is 8.32 Å². The molecule has 7 heteroatoms. The number of benzene rings is 2. The highest BCUT2D eigenvalue weighted by atomic mass is 28.4. The van der Waals surface area contributed by atoms with Gasteiger partial charge in [0.1, 0.15) is 24.4 Å². The first-order valence-corrected chi connectivity index (χ1v) is 15.2. The smallest absolute Gasteiger partial charge is 0.187 e. The first-order valence-electron chi connectivity index (χ1n) is 11.8. The summed E-state index contributed by atoms with van der Waals surface area (Å²) in [6, 6.07) is 20.1.